The number of anilines is 1. The van der Waals surface area contributed by atoms with E-state index in [1.54, 1.807) is 37.3 Å². The van der Waals surface area contributed by atoms with Gasteiger partial charge in [0, 0.05) is 17.8 Å². The van der Waals surface area contributed by atoms with Crippen LogP contribution < -0.4 is 10.0 Å². The van der Waals surface area contributed by atoms with E-state index in [1.165, 1.54) is 24.5 Å². The number of sulfonamides is 1. The minimum absolute atomic E-state index is 0.138. The van der Waals surface area contributed by atoms with Crippen LogP contribution >= 0.6 is 0 Å². The van der Waals surface area contributed by atoms with Crippen molar-refractivity contribution >= 4 is 27.7 Å². The summed E-state index contributed by atoms with van der Waals surface area (Å²) in [5.74, 6) is 0.238. The quantitative estimate of drug-likeness (QED) is 0.753. The monoisotopic (exact) mass is 348 g/mol. The van der Waals surface area contributed by atoms with Gasteiger partial charge in [0.1, 0.15) is 5.76 Å². The molecule has 0 fully saturated rings. The van der Waals surface area contributed by atoms with E-state index in [0.717, 1.165) is 0 Å². The Labute approximate surface area is 141 Å². The average molecular weight is 348 g/mol. The summed E-state index contributed by atoms with van der Waals surface area (Å²) in [5.41, 5.74) is 0.506. The molecule has 2 N–H and O–H groups in total. The van der Waals surface area contributed by atoms with Crippen LogP contribution in [0.3, 0.4) is 0 Å². The van der Waals surface area contributed by atoms with Crippen molar-refractivity contribution in [3.05, 3.63) is 54.5 Å². The number of nitrogens with one attached hydrogen (secondary N) is 2. The maximum absolute atomic E-state index is 12.1. The summed E-state index contributed by atoms with van der Waals surface area (Å²) >= 11 is 0. The van der Waals surface area contributed by atoms with E-state index in [-0.39, 0.29) is 16.8 Å². The molecule has 1 atom stereocenters. The molecule has 0 saturated carbocycles. The summed E-state index contributed by atoms with van der Waals surface area (Å²) in [6.07, 6.45) is 5.11. The average Bonchev–Trinajstić information content (AvgIpc) is 3.06. The molecule has 0 saturated heterocycles. The highest BCUT2D eigenvalue weighted by Crippen LogP contribution is 2.15. The minimum atomic E-state index is -3.55. The summed E-state index contributed by atoms with van der Waals surface area (Å²) in [6.45, 7) is 3.71. The third kappa shape index (κ3) is 5.07. The largest absolute Gasteiger partial charge is 0.465 e. The van der Waals surface area contributed by atoms with Gasteiger partial charge in [-0.25, -0.2) is 13.1 Å². The van der Waals surface area contributed by atoms with Crippen LogP contribution in [0, 0.1) is 0 Å². The van der Waals surface area contributed by atoms with Crippen LogP contribution in [0.5, 0.6) is 0 Å². The Morgan fingerprint density at radius 2 is 1.96 bits per heavy atom. The van der Waals surface area contributed by atoms with E-state index >= 15 is 0 Å². The Hall–Kier alpha value is -2.38. The third-order valence-electron chi connectivity index (χ3n) is 3.34. The molecular weight excluding hydrogens is 328 g/mol. The molecule has 1 heterocycles. The summed E-state index contributed by atoms with van der Waals surface area (Å²) in [7, 11) is -3.55. The Kier molecular flexibility index (Phi) is 5.94. The Balaban J connectivity index is 2.00. The first-order valence-electron chi connectivity index (χ1n) is 7.55. The van der Waals surface area contributed by atoms with E-state index in [4.69, 9.17) is 4.42 Å². The highest BCUT2D eigenvalue weighted by molar-refractivity contribution is 7.89. The molecule has 1 amide bonds. The van der Waals surface area contributed by atoms with Gasteiger partial charge in [-0.05, 0) is 55.8 Å². The molecule has 1 aromatic heterocycles. The van der Waals surface area contributed by atoms with Crippen LogP contribution in [-0.2, 0) is 14.8 Å². The number of hydrogen-bond donors (Lipinski definition) is 2. The van der Waals surface area contributed by atoms with E-state index < -0.39 is 10.0 Å². The summed E-state index contributed by atoms with van der Waals surface area (Å²) in [4.78, 5) is 12.0. The van der Waals surface area contributed by atoms with Crippen molar-refractivity contribution in [1.82, 2.24) is 4.72 Å². The molecule has 0 spiro atoms. The lowest BCUT2D eigenvalue weighted by atomic mass is 10.3. The second-order valence-electron chi connectivity index (χ2n) is 5.29. The van der Waals surface area contributed by atoms with Crippen molar-refractivity contribution in [1.29, 1.82) is 0 Å². The third-order valence-corrected chi connectivity index (χ3v) is 4.95. The Bertz CT molecular complexity index is 794. The SMILES string of the molecule is CC[C@@H](C)NS(=O)(=O)c1ccc(NC(=O)/C=C/c2ccco2)cc1. The molecule has 0 unspecified atom stereocenters. The Morgan fingerprint density at radius 3 is 2.54 bits per heavy atom. The molecule has 24 heavy (non-hydrogen) atoms. The fourth-order valence-corrected chi connectivity index (χ4v) is 3.19. The van der Waals surface area contributed by atoms with Crippen LogP contribution in [0.2, 0.25) is 0 Å². The maximum Gasteiger partial charge on any atom is 0.248 e. The molecule has 2 aromatic rings. The van der Waals surface area contributed by atoms with E-state index in [0.29, 0.717) is 17.9 Å². The topological polar surface area (TPSA) is 88.4 Å². The lowest BCUT2D eigenvalue weighted by Crippen LogP contribution is -2.31. The smallest absolute Gasteiger partial charge is 0.248 e. The van der Waals surface area contributed by atoms with Crippen molar-refractivity contribution < 1.29 is 17.6 Å². The number of carbonyl (C=O) groups excluding carboxylic acids is 1. The molecule has 7 heteroatoms. The molecule has 128 valence electrons. The van der Waals surface area contributed by atoms with Gasteiger partial charge in [0.15, 0.2) is 0 Å². The number of carbonyl (C=O) groups is 1. The highest BCUT2D eigenvalue weighted by Gasteiger charge is 2.16. The van der Waals surface area contributed by atoms with Crippen LogP contribution in [0.4, 0.5) is 5.69 Å². The second kappa shape index (κ2) is 7.94. The first kappa shape index (κ1) is 18.0. The van der Waals surface area contributed by atoms with Gasteiger partial charge in [-0.15, -0.1) is 0 Å². The summed E-state index contributed by atoms with van der Waals surface area (Å²) in [6, 6.07) is 9.32. The predicted molar refractivity (Wildman–Crippen MR) is 92.9 cm³/mol. The predicted octanol–water partition coefficient (Wildman–Crippen LogP) is 3.01. The standard InChI is InChI=1S/C17H20N2O4S/c1-3-13(2)19-24(21,22)16-9-6-14(7-10-16)18-17(20)11-8-15-5-4-12-23-15/h4-13,19H,3H2,1-2H3,(H,18,20)/b11-8+/t13-/m1/s1. The summed E-state index contributed by atoms with van der Waals surface area (Å²) < 4.78 is 32.0. The molecule has 0 radical (unpaired) electrons. The molecule has 1 aromatic carbocycles. The van der Waals surface area contributed by atoms with Crippen LogP contribution in [-0.4, -0.2) is 20.4 Å². The molecule has 0 aliphatic heterocycles. The number of benzene rings is 1. The first-order chi connectivity index (χ1) is 11.4. The van der Waals surface area contributed by atoms with Crippen LogP contribution in [0.15, 0.2) is 58.1 Å². The lowest BCUT2D eigenvalue weighted by Gasteiger charge is -2.12. The van der Waals surface area contributed by atoms with Crippen LogP contribution in [0.25, 0.3) is 6.08 Å². The van der Waals surface area contributed by atoms with Crippen molar-refractivity contribution in [2.24, 2.45) is 0 Å². The molecule has 0 aliphatic carbocycles. The van der Waals surface area contributed by atoms with Crippen molar-refractivity contribution in [2.45, 2.75) is 31.2 Å². The fourth-order valence-electron chi connectivity index (χ4n) is 1.86. The number of amides is 1. The molecule has 0 bridgehead atoms. The number of hydrogen-bond acceptors (Lipinski definition) is 4. The van der Waals surface area contributed by atoms with Gasteiger partial charge in [-0.3, -0.25) is 4.79 Å². The fraction of sp³-hybridized carbons (Fsp3) is 0.235. The number of rotatable bonds is 7. The zero-order valence-corrected chi connectivity index (χ0v) is 14.3. The lowest BCUT2D eigenvalue weighted by molar-refractivity contribution is -0.111. The maximum atomic E-state index is 12.1. The van der Waals surface area contributed by atoms with Crippen molar-refractivity contribution in [3.8, 4) is 0 Å². The van der Waals surface area contributed by atoms with Gasteiger partial charge in [-0.2, -0.15) is 0 Å². The van der Waals surface area contributed by atoms with Gasteiger partial charge in [0.05, 0.1) is 11.2 Å². The molecule has 0 aliphatic rings. The van der Waals surface area contributed by atoms with Crippen molar-refractivity contribution in [2.75, 3.05) is 5.32 Å². The minimum Gasteiger partial charge on any atom is -0.465 e. The van der Waals surface area contributed by atoms with Gasteiger partial charge < -0.3 is 9.73 Å². The normalized spacial score (nSPS) is 13.1. The van der Waals surface area contributed by atoms with Crippen LogP contribution in [0.1, 0.15) is 26.0 Å². The van der Waals surface area contributed by atoms with E-state index in [2.05, 4.69) is 10.0 Å². The second-order valence-corrected chi connectivity index (χ2v) is 7.01. The molecule has 2 rings (SSSR count). The van der Waals surface area contributed by atoms with Gasteiger partial charge in [0.25, 0.3) is 0 Å². The summed E-state index contributed by atoms with van der Waals surface area (Å²) in [5, 5.41) is 2.65. The zero-order chi connectivity index (χ0) is 17.6. The van der Waals surface area contributed by atoms with Gasteiger partial charge >= 0.3 is 0 Å². The highest BCUT2D eigenvalue weighted by atomic mass is 32.2. The Morgan fingerprint density at radius 1 is 1.25 bits per heavy atom. The zero-order valence-electron chi connectivity index (χ0n) is 13.5. The molecule has 6 nitrogen and oxygen atoms in total. The van der Waals surface area contributed by atoms with E-state index in [1.807, 2.05) is 6.92 Å². The van der Waals surface area contributed by atoms with Gasteiger partial charge in [-0.1, -0.05) is 6.92 Å². The number of furan rings is 1. The van der Waals surface area contributed by atoms with Crippen molar-refractivity contribution in [3.63, 3.8) is 0 Å². The van der Waals surface area contributed by atoms with Gasteiger partial charge in [0.2, 0.25) is 15.9 Å². The van der Waals surface area contributed by atoms with E-state index in [9.17, 15) is 13.2 Å². The molecular formula is C17H20N2O4S. The first-order valence-corrected chi connectivity index (χ1v) is 9.04.